The molecule has 1 fully saturated rings. The lowest BCUT2D eigenvalue weighted by atomic mass is 9.92. The monoisotopic (exact) mass is 525 g/mol. The molecule has 0 aliphatic heterocycles. The molecule has 0 bridgehead atoms. The Morgan fingerprint density at radius 3 is 2.50 bits per heavy atom. The van der Waals surface area contributed by atoms with Crippen LogP contribution < -0.4 is 9.46 Å². The number of fused-ring (bicyclic) bond motifs is 1. The zero-order valence-electron chi connectivity index (χ0n) is 21.2. The van der Waals surface area contributed by atoms with Gasteiger partial charge in [-0.3, -0.25) is 4.72 Å². The molecule has 1 N–H and O–H groups in total. The highest BCUT2D eigenvalue weighted by Gasteiger charge is 2.28. The highest BCUT2D eigenvalue weighted by Crippen LogP contribution is 2.43. The van der Waals surface area contributed by atoms with Gasteiger partial charge in [0.2, 0.25) is 15.9 Å². The number of nitriles is 2. The quantitative estimate of drug-likeness (QED) is 0.286. The van der Waals surface area contributed by atoms with E-state index in [1.807, 2.05) is 38.1 Å². The number of benzene rings is 2. The predicted octanol–water partition coefficient (Wildman–Crippen LogP) is 6.36. The van der Waals surface area contributed by atoms with Crippen molar-refractivity contribution in [2.75, 3.05) is 10.5 Å². The van der Waals surface area contributed by atoms with Crippen LogP contribution in [0.3, 0.4) is 0 Å². The van der Waals surface area contributed by atoms with E-state index >= 15 is 0 Å². The Hall–Kier alpha value is -4.34. The average molecular weight is 526 g/mol. The van der Waals surface area contributed by atoms with E-state index in [-0.39, 0.29) is 23.6 Å². The molecule has 2 heterocycles. The summed E-state index contributed by atoms with van der Waals surface area (Å²) in [5.74, 6) is 0.812. The van der Waals surface area contributed by atoms with Gasteiger partial charge in [-0.25, -0.2) is 13.4 Å². The molecule has 0 amide bonds. The molecule has 2 aromatic heterocycles. The molecule has 2 aromatic carbocycles. The summed E-state index contributed by atoms with van der Waals surface area (Å²) in [5, 5.41) is 20.4. The molecule has 192 valence electrons. The predicted molar refractivity (Wildman–Crippen MR) is 146 cm³/mol. The molecule has 0 radical (unpaired) electrons. The number of pyridine rings is 1. The summed E-state index contributed by atoms with van der Waals surface area (Å²) < 4.78 is 35.6. The van der Waals surface area contributed by atoms with E-state index in [1.165, 1.54) is 0 Å². The fourth-order valence-electron chi connectivity index (χ4n) is 4.80. The molecule has 9 heteroatoms. The maximum absolute atomic E-state index is 12.4. The summed E-state index contributed by atoms with van der Waals surface area (Å²) in [6.07, 6.45) is 4.68. The zero-order chi connectivity index (χ0) is 26.9. The fraction of sp³-hybridized carbons (Fsp3) is 0.276. The lowest BCUT2D eigenvalue weighted by Crippen LogP contribution is -2.20. The largest absolute Gasteiger partial charge is 0.438 e. The smallest absolute Gasteiger partial charge is 0.237 e. The molecule has 0 unspecified atom stereocenters. The molecular weight excluding hydrogens is 498 g/mol. The van der Waals surface area contributed by atoms with E-state index in [9.17, 15) is 18.9 Å². The second kappa shape index (κ2) is 10.2. The Labute approximate surface area is 222 Å². The third kappa shape index (κ3) is 4.93. The van der Waals surface area contributed by atoms with Crippen molar-refractivity contribution in [3.05, 3.63) is 71.9 Å². The van der Waals surface area contributed by atoms with Crippen molar-refractivity contribution in [3.8, 4) is 35.0 Å². The summed E-state index contributed by atoms with van der Waals surface area (Å²) in [5.41, 5.74) is 3.88. The normalized spacial score (nSPS) is 13.6. The van der Waals surface area contributed by atoms with Crippen LogP contribution in [-0.2, 0) is 10.0 Å². The number of nitrogens with zero attached hydrogens (tertiary/aromatic N) is 4. The molecule has 1 aliphatic rings. The molecule has 0 saturated heterocycles. The first-order valence-corrected chi connectivity index (χ1v) is 14.2. The van der Waals surface area contributed by atoms with Crippen molar-refractivity contribution in [1.29, 1.82) is 10.5 Å². The van der Waals surface area contributed by atoms with Gasteiger partial charge in [-0.1, -0.05) is 26.0 Å². The number of aromatic nitrogens is 2. The van der Waals surface area contributed by atoms with E-state index < -0.39 is 10.0 Å². The molecule has 0 spiro atoms. The van der Waals surface area contributed by atoms with Crippen LogP contribution in [0.1, 0.15) is 50.3 Å². The minimum atomic E-state index is -3.44. The number of rotatable bonds is 8. The molecule has 1 saturated carbocycles. The fourth-order valence-corrected chi connectivity index (χ4v) is 6.26. The van der Waals surface area contributed by atoms with Crippen molar-refractivity contribution in [3.63, 3.8) is 0 Å². The van der Waals surface area contributed by atoms with Crippen molar-refractivity contribution in [1.82, 2.24) is 9.55 Å². The van der Waals surface area contributed by atoms with Crippen LogP contribution in [0, 0.1) is 28.6 Å². The molecule has 8 nitrogen and oxygen atoms in total. The first kappa shape index (κ1) is 25.3. The third-order valence-electron chi connectivity index (χ3n) is 6.62. The third-order valence-corrected chi connectivity index (χ3v) is 8.27. The number of sulfonamides is 1. The summed E-state index contributed by atoms with van der Waals surface area (Å²) in [6, 6.07) is 20.8. The molecular formula is C29H27N5O3S. The average Bonchev–Trinajstić information content (AvgIpc) is 3.16. The van der Waals surface area contributed by atoms with Crippen molar-refractivity contribution >= 4 is 26.6 Å². The van der Waals surface area contributed by atoms with E-state index in [0.29, 0.717) is 22.6 Å². The first-order valence-electron chi connectivity index (χ1n) is 12.5. The van der Waals surface area contributed by atoms with Gasteiger partial charge in [0.05, 0.1) is 22.5 Å². The van der Waals surface area contributed by atoms with E-state index in [2.05, 4.69) is 26.4 Å². The number of nitrogens with one attached hydrogen (secondary N) is 1. The first-order chi connectivity index (χ1) is 18.3. The molecule has 1 aliphatic carbocycles. The zero-order valence-corrected chi connectivity index (χ0v) is 22.0. The summed E-state index contributed by atoms with van der Waals surface area (Å²) in [7, 11) is -3.44. The number of anilines is 1. The van der Waals surface area contributed by atoms with Gasteiger partial charge in [-0.2, -0.15) is 10.5 Å². The van der Waals surface area contributed by atoms with Gasteiger partial charge in [-0.05, 0) is 67.1 Å². The summed E-state index contributed by atoms with van der Waals surface area (Å²) in [6.45, 7) is 3.72. The SMILES string of the molecule is CC(C)CS(=O)(=O)Nc1ccc(-c2c(C#N)c3ccc(Oc4ncccc4C#N)cc3n2C2CCC2)cc1. The van der Waals surface area contributed by atoms with Crippen LogP contribution in [0.5, 0.6) is 11.6 Å². The van der Waals surface area contributed by atoms with Gasteiger partial charge in [0.15, 0.2) is 0 Å². The van der Waals surface area contributed by atoms with E-state index in [1.54, 1.807) is 36.5 Å². The number of hydrogen-bond donors (Lipinski definition) is 1. The van der Waals surface area contributed by atoms with Crippen LogP contribution in [-0.4, -0.2) is 23.7 Å². The Kier molecular flexibility index (Phi) is 6.79. The van der Waals surface area contributed by atoms with E-state index in [0.717, 1.165) is 41.4 Å². The van der Waals surface area contributed by atoms with Crippen LogP contribution >= 0.6 is 0 Å². The second-order valence-corrected chi connectivity index (χ2v) is 11.7. The van der Waals surface area contributed by atoms with Crippen molar-refractivity contribution in [2.24, 2.45) is 5.92 Å². The Morgan fingerprint density at radius 1 is 1.11 bits per heavy atom. The Balaban J connectivity index is 1.57. The number of hydrogen-bond acceptors (Lipinski definition) is 6. The summed E-state index contributed by atoms with van der Waals surface area (Å²) in [4.78, 5) is 4.19. The standard InChI is InChI=1S/C29H27N5O3S/c1-19(2)18-38(35,36)33-22-10-8-20(9-11-22)28-26(17-31)25-13-12-24(15-27(25)34(28)23-6-3-7-23)37-29-21(16-30)5-4-14-32-29/h4-5,8-15,19,23,33H,3,6-7,18H2,1-2H3. The highest BCUT2D eigenvalue weighted by molar-refractivity contribution is 7.92. The van der Waals surface area contributed by atoms with Crippen LogP contribution in [0.15, 0.2) is 60.8 Å². The van der Waals surface area contributed by atoms with Gasteiger partial charge < -0.3 is 9.30 Å². The Morgan fingerprint density at radius 2 is 1.87 bits per heavy atom. The molecule has 38 heavy (non-hydrogen) atoms. The topological polar surface area (TPSA) is 121 Å². The molecule has 0 atom stereocenters. The van der Waals surface area contributed by atoms with Crippen LogP contribution in [0.4, 0.5) is 5.69 Å². The van der Waals surface area contributed by atoms with Crippen LogP contribution in [0.25, 0.3) is 22.2 Å². The van der Waals surface area contributed by atoms with Gasteiger partial charge in [0.25, 0.3) is 0 Å². The lowest BCUT2D eigenvalue weighted by molar-refractivity contribution is 0.324. The summed E-state index contributed by atoms with van der Waals surface area (Å²) >= 11 is 0. The lowest BCUT2D eigenvalue weighted by Gasteiger charge is -2.30. The molecule has 4 aromatic rings. The van der Waals surface area contributed by atoms with Gasteiger partial charge >= 0.3 is 0 Å². The van der Waals surface area contributed by atoms with Crippen molar-refractivity contribution < 1.29 is 13.2 Å². The minimum Gasteiger partial charge on any atom is -0.438 e. The molecule has 5 rings (SSSR count). The Bertz CT molecular complexity index is 1690. The van der Waals surface area contributed by atoms with E-state index in [4.69, 9.17) is 4.74 Å². The number of ether oxygens (including phenoxy) is 1. The minimum absolute atomic E-state index is 0.0150. The highest BCUT2D eigenvalue weighted by atomic mass is 32.2. The van der Waals surface area contributed by atoms with Gasteiger partial charge in [0.1, 0.15) is 23.5 Å². The van der Waals surface area contributed by atoms with Gasteiger partial charge in [0, 0.05) is 29.4 Å². The van der Waals surface area contributed by atoms with Gasteiger partial charge in [-0.15, -0.1) is 0 Å². The second-order valence-electron chi connectivity index (χ2n) is 9.89. The van der Waals surface area contributed by atoms with Crippen LogP contribution in [0.2, 0.25) is 0 Å². The maximum atomic E-state index is 12.4. The van der Waals surface area contributed by atoms with Crippen molar-refractivity contribution in [2.45, 2.75) is 39.2 Å². The maximum Gasteiger partial charge on any atom is 0.237 e.